The maximum atomic E-state index is 14.0. The zero-order valence-electron chi connectivity index (χ0n) is 16.4. The molecule has 0 amide bonds. The van der Waals surface area contributed by atoms with Crippen LogP contribution in [0.1, 0.15) is 19.4 Å². The van der Waals surface area contributed by atoms with Crippen LogP contribution in [-0.4, -0.2) is 38.1 Å². The molecule has 0 aliphatic carbocycles. The van der Waals surface area contributed by atoms with Crippen LogP contribution in [0.15, 0.2) is 48.7 Å². The van der Waals surface area contributed by atoms with Crippen molar-refractivity contribution >= 4 is 17.0 Å². The van der Waals surface area contributed by atoms with E-state index in [2.05, 4.69) is 25.6 Å². The van der Waals surface area contributed by atoms with Crippen LogP contribution < -0.4 is 10.1 Å². The van der Waals surface area contributed by atoms with Gasteiger partial charge in [0.15, 0.2) is 11.6 Å². The number of hydrogen-bond donors (Lipinski definition) is 1. The highest BCUT2D eigenvalue weighted by atomic mass is 19.1. The van der Waals surface area contributed by atoms with E-state index in [-0.39, 0.29) is 11.8 Å². The number of aromatic nitrogens is 5. The first-order valence-electron chi connectivity index (χ1n) is 9.29. The molecule has 8 heteroatoms. The van der Waals surface area contributed by atoms with E-state index >= 15 is 0 Å². The molecule has 0 atom stereocenters. The van der Waals surface area contributed by atoms with E-state index in [0.717, 1.165) is 27.9 Å². The number of methoxy groups -OCH3 is 1. The van der Waals surface area contributed by atoms with Crippen molar-refractivity contribution < 1.29 is 9.13 Å². The second-order valence-corrected chi connectivity index (χ2v) is 6.98. The van der Waals surface area contributed by atoms with Crippen LogP contribution >= 0.6 is 0 Å². The second kappa shape index (κ2) is 7.83. The molecule has 4 rings (SSSR count). The summed E-state index contributed by atoms with van der Waals surface area (Å²) in [6.07, 6.45) is 1.73. The number of hydrogen-bond acceptors (Lipinski definition) is 6. The van der Waals surface area contributed by atoms with Crippen molar-refractivity contribution in [3.63, 3.8) is 0 Å². The molecule has 0 spiro atoms. The van der Waals surface area contributed by atoms with Crippen molar-refractivity contribution in [1.29, 1.82) is 0 Å². The van der Waals surface area contributed by atoms with E-state index in [4.69, 9.17) is 4.74 Å². The fourth-order valence-electron chi connectivity index (χ4n) is 3.08. The van der Waals surface area contributed by atoms with Crippen LogP contribution in [0.3, 0.4) is 0 Å². The number of rotatable bonds is 6. The van der Waals surface area contributed by atoms with Gasteiger partial charge in [0.25, 0.3) is 0 Å². The van der Waals surface area contributed by atoms with Crippen LogP contribution in [0.25, 0.3) is 22.3 Å². The largest absolute Gasteiger partial charge is 0.494 e. The molecule has 1 N–H and O–H groups in total. The monoisotopic (exact) mass is 392 g/mol. The summed E-state index contributed by atoms with van der Waals surface area (Å²) in [5.74, 6) is 0.409. The minimum absolute atomic E-state index is 0.220. The lowest BCUT2D eigenvalue weighted by Crippen LogP contribution is -2.12. The summed E-state index contributed by atoms with van der Waals surface area (Å²) in [7, 11) is 1.44. The Morgan fingerprint density at radius 1 is 1.14 bits per heavy atom. The first-order chi connectivity index (χ1) is 14.0. The summed E-state index contributed by atoms with van der Waals surface area (Å²) in [4.78, 5) is 8.80. The Labute approximate surface area is 167 Å². The number of anilines is 1. The predicted molar refractivity (Wildman–Crippen MR) is 109 cm³/mol. The lowest BCUT2D eigenvalue weighted by atomic mass is 10.1. The maximum absolute atomic E-state index is 14.0. The lowest BCUT2D eigenvalue weighted by molar-refractivity contribution is 0.386. The molecule has 2 aromatic carbocycles. The molecule has 29 heavy (non-hydrogen) atoms. The quantitative estimate of drug-likeness (QED) is 0.536. The van der Waals surface area contributed by atoms with E-state index in [1.165, 1.54) is 13.2 Å². The highest BCUT2D eigenvalue weighted by Gasteiger charge is 2.10. The van der Waals surface area contributed by atoms with Crippen LogP contribution in [-0.2, 0) is 6.54 Å². The fraction of sp³-hybridized carbons (Fsp3) is 0.238. The first kappa shape index (κ1) is 18.8. The van der Waals surface area contributed by atoms with Crippen molar-refractivity contribution in [3.8, 4) is 17.0 Å². The zero-order valence-corrected chi connectivity index (χ0v) is 16.4. The summed E-state index contributed by atoms with van der Waals surface area (Å²) >= 11 is 0. The smallest absolute Gasteiger partial charge is 0.223 e. The minimum Gasteiger partial charge on any atom is -0.494 e. The Kier molecular flexibility index (Phi) is 5.07. The molecule has 0 unspecified atom stereocenters. The van der Waals surface area contributed by atoms with E-state index < -0.39 is 5.82 Å². The SMILES string of the molecule is COc1ccc(Cn2nnc3cc(-c4ccnc(NC(C)C)n4)ccc32)cc1F. The summed E-state index contributed by atoms with van der Waals surface area (Å²) in [6, 6.07) is 12.8. The average molecular weight is 392 g/mol. The molecule has 0 fully saturated rings. The van der Waals surface area contributed by atoms with Gasteiger partial charge in [0.05, 0.1) is 24.9 Å². The van der Waals surface area contributed by atoms with Gasteiger partial charge in [-0.1, -0.05) is 17.3 Å². The average Bonchev–Trinajstić information content (AvgIpc) is 3.10. The Hall–Kier alpha value is -3.55. The number of nitrogens with one attached hydrogen (secondary N) is 1. The van der Waals surface area contributed by atoms with Gasteiger partial charge in [-0.25, -0.2) is 19.0 Å². The van der Waals surface area contributed by atoms with Gasteiger partial charge in [0.1, 0.15) is 5.52 Å². The molecule has 0 aliphatic rings. The van der Waals surface area contributed by atoms with Gasteiger partial charge < -0.3 is 10.1 Å². The standard InChI is InChI=1S/C21H21FN6O/c1-13(2)24-21-23-9-8-17(25-21)15-5-6-19-18(11-15)26-27-28(19)12-14-4-7-20(29-3)16(22)10-14/h4-11,13H,12H2,1-3H3,(H,23,24,25). The molecule has 2 heterocycles. The van der Waals surface area contributed by atoms with Crippen LogP contribution in [0, 0.1) is 5.82 Å². The topological polar surface area (TPSA) is 77.8 Å². The predicted octanol–water partition coefficient (Wildman–Crippen LogP) is 3.90. The highest BCUT2D eigenvalue weighted by molar-refractivity contribution is 5.80. The normalized spacial score (nSPS) is 11.2. The molecule has 0 saturated heterocycles. The zero-order chi connectivity index (χ0) is 20.4. The lowest BCUT2D eigenvalue weighted by Gasteiger charge is -2.09. The molecule has 4 aromatic rings. The number of nitrogens with zero attached hydrogens (tertiary/aromatic N) is 5. The molecule has 0 saturated carbocycles. The van der Waals surface area contributed by atoms with E-state index in [9.17, 15) is 4.39 Å². The number of benzene rings is 2. The Morgan fingerprint density at radius 3 is 2.76 bits per heavy atom. The molecular weight excluding hydrogens is 371 g/mol. The van der Waals surface area contributed by atoms with E-state index in [1.54, 1.807) is 16.9 Å². The van der Waals surface area contributed by atoms with Gasteiger partial charge in [-0.05, 0) is 49.7 Å². The van der Waals surface area contributed by atoms with E-state index in [1.807, 2.05) is 44.2 Å². The number of fused-ring (bicyclic) bond motifs is 1. The fourth-order valence-corrected chi connectivity index (χ4v) is 3.08. The summed E-state index contributed by atoms with van der Waals surface area (Å²) in [5.41, 5.74) is 4.11. The van der Waals surface area contributed by atoms with Gasteiger partial charge in [0.2, 0.25) is 5.95 Å². The molecule has 0 aliphatic heterocycles. The van der Waals surface area contributed by atoms with Gasteiger partial charge >= 0.3 is 0 Å². The summed E-state index contributed by atoms with van der Waals surface area (Å²) in [6.45, 7) is 4.48. The Morgan fingerprint density at radius 2 is 2.00 bits per heavy atom. The third kappa shape index (κ3) is 4.01. The maximum Gasteiger partial charge on any atom is 0.223 e. The van der Waals surface area contributed by atoms with Crippen molar-refractivity contribution in [2.24, 2.45) is 0 Å². The van der Waals surface area contributed by atoms with Crippen molar-refractivity contribution in [2.75, 3.05) is 12.4 Å². The van der Waals surface area contributed by atoms with Crippen LogP contribution in [0.4, 0.5) is 10.3 Å². The molecule has 148 valence electrons. The third-order valence-corrected chi connectivity index (χ3v) is 4.43. The van der Waals surface area contributed by atoms with Crippen LogP contribution in [0.2, 0.25) is 0 Å². The van der Waals surface area contributed by atoms with Crippen LogP contribution in [0.5, 0.6) is 5.75 Å². The highest BCUT2D eigenvalue weighted by Crippen LogP contribution is 2.24. The molecular formula is C21H21FN6O. The minimum atomic E-state index is -0.397. The van der Waals surface area contributed by atoms with Gasteiger partial charge in [-0.2, -0.15) is 0 Å². The molecule has 0 bridgehead atoms. The van der Waals surface area contributed by atoms with Gasteiger partial charge in [-0.15, -0.1) is 5.10 Å². The first-order valence-corrected chi connectivity index (χ1v) is 9.29. The summed E-state index contributed by atoms with van der Waals surface area (Å²) < 4.78 is 20.7. The van der Waals surface area contributed by atoms with Crippen molar-refractivity contribution in [2.45, 2.75) is 26.4 Å². The Bertz CT molecular complexity index is 1160. The molecule has 0 radical (unpaired) electrons. The van der Waals surface area contributed by atoms with E-state index in [0.29, 0.717) is 12.5 Å². The van der Waals surface area contributed by atoms with Crippen molar-refractivity contribution in [3.05, 3.63) is 60.0 Å². The third-order valence-electron chi connectivity index (χ3n) is 4.43. The number of ether oxygens (including phenoxy) is 1. The summed E-state index contributed by atoms with van der Waals surface area (Å²) in [5, 5.41) is 11.7. The molecule has 7 nitrogen and oxygen atoms in total. The van der Waals surface area contributed by atoms with Crippen molar-refractivity contribution in [1.82, 2.24) is 25.0 Å². The Balaban J connectivity index is 1.62. The second-order valence-electron chi connectivity index (χ2n) is 6.98. The van der Waals surface area contributed by atoms with Gasteiger partial charge in [-0.3, -0.25) is 0 Å². The molecule has 2 aromatic heterocycles. The van der Waals surface area contributed by atoms with Gasteiger partial charge in [0, 0.05) is 17.8 Å². The number of halogens is 1.